The first kappa shape index (κ1) is 20.6. The van der Waals surface area contributed by atoms with Crippen molar-refractivity contribution in [1.82, 2.24) is 0 Å². The van der Waals surface area contributed by atoms with Crippen molar-refractivity contribution >= 4 is 27.8 Å². The predicted octanol–water partition coefficient (Wildman–Crippen LogP) is 4.99. The van der Waals surface area contributed by atoms with Gasteiger partial charge in [0.25, 0.3) is 10.0 Å². The molecule has 0 aromatic heterocycles. The lowest BCUT2D eigenvalue weighted by Gasteiger charge is -2.24. The Morgan fingerprint density at radius 1 is 0.885 bits per heavy atom. The molecule has 140 valence electrons. The number of benzene rings is 2. The Bertz CT molecular complexity index is 1030. The van der Waals surface area contributed by atoms with Gasteiger partial charge in [-0.3, -0.25) is 0 Å². The van der Waals surface area contributed by atoms with Crippen LogP contribution in [0.4, 0.5) is 0 Å². The number of rotatable bonds is 5. The van der Waals surface area contributed by atoms with E-state index in [-0.39, 0.29) is 4.90 Å². The average Bonchev–Trinajstić information content (AvgIpc) is 2.55. The standard InChI is InChI=1S/C19H25NO3S2Si/c1-6-19(26(3,4)5)24(21,17-10-8-7-9-11-17)20-25(22,23)18-14-12-16(2)13-15-18/h6-15H,1-5H3/b19-6-/t24-/m0/s1. The Morgan fingerprint density at radius 2 is 1.42 bits per heavy atom. The molecule has 0 bridgehead atoms. The monoisotopic (exact) mass is 407 g/mol. The van der Waals surface area contributed by atoms with Crippen LogP contribution in [0.1, 0.15) is 12.5 Å². The van der Waals surface area contributed by atoms with Crippen LogP contribution in [-0.4, -0.2) is 20.7 Å². The number of aryl methyl sites for hydroxylation is 1. The Balaban J connectivity index is 2.83. The minimum atomic E-state index is -4.07. The molecule has 0 spiro atoms. The van der Waals surface area contributed by atoms with Gasteiger partial charge >= 0.3 is 0 Å². The van der Waals surface area contributed by atoms with Crippen molar-refractivity contribution in [2.24, 2.45) is 3.77 Å². The molecule has 0 aliphatic rings. The molecule has 0 heterocycles. The van der Waals surface area contributed by atoms with Gasteiger partial charge in [-0.25, -0.2) is 4.21 Å². The summed E-state index contributed by atoms with van der Waals surface area (Å²) in [6.07, 6.45) is 1.77. The van der Waals surface area contributed by atoms with E-state index >= 15 is 0 Å². The van der Waals surface area contributed by atoms with E-state index < -0.39 is 27.8 Å². The molecular formula is C19H25NO3S2Si. The predicted molar refractivity (Wildman–Crippen MR) is 111 cm³/mol. The molecule has 7 heteroatoms. The molecular weight excluding hydrogens is 382 g/mol. The smallest absolute Gasteiger partial charge is 0.239 e. The first-order valence-corrected chi connectivity index (χ1v) is 14.8. The molecule has 0 aliphatic carbocycles. The van der Waals surface area contributed by atoms with Gasteiger partial charge in [-0.15, -0.1) is 0 Å². The van der Waals surface area contributed by atoms with Crippen LogP contribution in [0.15, 0.2) is 78.8 Å². The van der Waals surface area contributed by atoms with Gasteiger partial charge in [0.1, 0.15) is 9.73 Å². The van der Waals surface area contributed by atoms with E-state index in [1.54, 1.807) is 49.4 Å². The van der Waals surface area contributed by atoms with E-state index in [0.717, 1.165) is 5.56 Å². The molecule has 1 atom stereocenters. The zero-order chi connectivity index (χ0) is 19.6. The van der Waals surface area contributed by atoms with Gasteiger partial charge in [-0.05, 0) is 38.1 Å². The van der Waals surface area contributed by atoms with E-state index in [1.165, 1.54) is 12.1 Å². The van der Waals surface area contributed by atoms with Crippen LogP contribution in [0.2, 0.25) is 19.6 Å². The molecule has 0 N–H and O–H groups in total. The molecule has 2 aromatic carbocycles. The van der Waals surface area contributed by atoms with Crippen LogP contribution in [0, 0.1) is 6.92 Å². The maximum atomic E-state index is 14.0. The van der Waals surface area contributed by atoms with Crippen molar-refractivity contribution in [3.8, 4) is 0 Å². The summed E-state index contributed by atoms with van der Waals surface area (Å²) in [5.41, 5.74) is 0.948. The summed E-state index contributed by atoms with van der Waals surface area (Å²) in [6, 6.07) is 15.1. The minimum Gasteiger partial charge on any atom is -0.239 e. The zero-order valence-electron chi connectivity index (χ0n) is 15.8. The second kappa shape index (κ2) is 7.50. The second-order valence-corrected chi connectivity index (χ2v) is 16.5. The highest BCUT2D eigenvalue weighted by Crippen LogP contribution is 2.31. The van der Waals surface area contributed by atoms with E-state index in [2.05, 4.69) is 3.77 Å². The van der Waals surface area contributed by atoms with Gasteiger partial charge in [0.15, 0.2) is 0 Å². The number of hydrogen-bond donors (Lipinski definition) is 0. The van der Waals surface area contributed by atoms with Gasteiger partial charge in [-0.1, -0.05) is 65.4 Å². The summed E-state index contributed by atoms with van der Waals surface area (Å²) in [5.74, 6) is 0. The van der Waals surface area contributed by atoms with Crippen molar-refractivity contribution in [2.45, 2.75) is 43.3 Å². The van der Waals surface area contributed by atoms with Crippen molar-refractivity contribution in [2.75, 3.05) is 0 Å². The Labute approximate surface area is 158 Å². The van der Waals surface area contributed by atoms with Crippen LogP contribution >= 0.6 is 0 Å². The van der Waals surface area contributed by atoms with E-state index in [0.29, 0.717) is 9.42 Å². The highest BCUT2D eigenvalue weighted by Gasteiger charge is 2.32. The summed E-state index contributed by atoms with van der Waals surface area (Å²) < 4.78 is 44.5. The van der Waals surface area contributed by atoms with Crippen LogP contribution in [0.3, 0.4) is 0 Å². The summed E-state index contributed by atoms with van der Waals surface area (Å²) in [4.78, 5) is 0.476. The molecule has 0 radical (unpaired) electrons. The molecule has 4 nitrogen and oxygen atoms in total. The highest BCUT2D eigenvalue weighted by atomic mass is 32.3. The molecule has 0 unspecified atom stereocenters. The Morgan fingerprint density at radius 3 is 1.88 bits per heavy atom. The quantitative estimate of drug-likeness (QED) is 0.656. The van der Waals surface area contributed by atoms with Gasteiger partial charge in [0.05, 0.1) is 17.9 Å². The van der Waals surface area contributed by atoms with Crippen molar-refractivity contribution < 1.29 is 12.6 Å². The fraction of sp³-hybridized carbons (Fsp3) is 0.263. The van der Waals surface area contributed by atoms with Crippen LogP contribution < -0.4 is 0 Å². The maximum Gasteiger partial charge on any atom is 0.290 e. The maximum absolute atomic E-state index is 14.0. The lowest BCUT2D eigenvalue weighted by Crippen LogP contribution is -2.30. The third kappa shape index (κ3) is 4.34. The van der Waals surface area contributed by atoms with Crippen LogP contribution in [0.25, 0.3) is 0 Å². The first-order chi connectivity index (χ1) is 12.0. The third-order valence-electron chi connectivity index (χ3n) is 3.88. The average molecular weight is 408 g/mol. The summed E-state index contributed by atoms with van der Waals surface area (Å²) in [6.45, 7) is 9.80. The van der Waals surface area contributed by atoms with Crippen molar-refractivity contribution in [1.29, 1.82) is 0 Å². The lowest BCUT2D eigenvalue weighted by atomic mass is 10.2. The molecule has 2 rings (SSSR count). The van der Waals surface area contributed by atoms with E-state index in [4.69, 9.17) is 0 Å². The third-order valence-corrected chi connectivity index (χ3v) is 12.6. The summed E-state index contributed by atoms with van der Waals surface area (Å²) >= 11 is 0. The van der Waals surface area contributed by atoms with Gasteiger partial charge in [-0.2, -0.15) is 8.42 Å². The summed E-state index contributed by atoms with van der Waals surface area (Å²) in [5, 5.41) is 0. The van der Waals surface area contributed by atoms with Crippen LogP contribution in [-0.2, 0) is 19.8 Å². The SMILES string of the molecule is C/C=C(\[Si](C)(C)C)[S@](=O)(=NS(=O)(=O)c1ccc(C)cc1)c1ccccc1. The van der Waals surface area contributed by atoms with Gasteiger partial charge in [0, 0.05) is 4.53 Å². The van der Waals surface area contributed by atoms with Gasteiger partial charge in [0.2, 0.25) is 0 Å². The highest BCUT2D eigenvalue weighted by molar-refractivity contribution is 8.07. The molecule has 0 aliphatic heterocycles. The van der Waals surface area contributed by atoms with E-state index in [9.17, 15) is 12.6 Å². The van der Waals surface area contributed by atoms with Crippen LogP contribution in [0.5, 0.6) is 0 Å². The number of hydrogen-bond acceptors (Lipinski definition) is 3. The number of nitrogens with zero attached hydrogens (tertiary/aromatic N) is 1. The molecule has 0 saturated heterocycles. The largest absolute Gasteiger partial charge is 0.290 e. The Hall–Kier alpha value is -1.70. The Kier molecular flexibility index (Phi) is 5.94. The first-order valence-electron chi connectivity index (χ1n) is 8.33. The fourth-order valence-electron chi connectivity index (χ4n) is 2.71. The summed E-state index contributed by atoms with van der Waals surface area (Å²) in [7, 11) is -9.43. The normalized spacial score (nSPS) is 15.3. The molecule has 0 amide bonds. The van der Waals surface area contributed by atoms with Gasteiger partial charge < -0.3 is 0 Å². The number of sulfonamides is 1. The van der Waals surface area contributed by atoms with E-state index in [1.807, 2.05) is 32.6 Å². The fourth-order valence-corrected chi connectivity index (χ4v) is 11.3. The minimum absolute atomic E-state index is 0.0535. The topological polar surface area (TPSA) is 63.6 Å². The molecule has 0 saturated carbocycles. The molecule has 26 heavy (non-hydrogen) atoms. The second-order valence-electron chi connectivity index (χ2n) is 7.10. The molecule has 2 aromatic rings. The van der Waals surface area contributed by atoms with Crippen molar-refractivity contribution in [3.63, 3.8) is 0 Å². The lowest BCUT2D eigenvalue weighted by molar-refractivity contribution is 0.598. The van der Waals surface area contributed by atoms with Crippen molar-refractivity contribution in [3.05, 3.63) is 70.8 Å². The zero-order valence-corrected chi connectivity index (χ0v) is 18.4. The molecule has 0 fully saturated rings. The number of allylic oxidation sites excluding steroid dienone is 1.